The molecule has 1 aromatic heterocycles. The normalized spacial score (nSPS) is 18.9. The van der Waals surface area contributed by atoms with Crippen LogP contribution in [0.3, 0.4) is 0 Å². The van der Waals surface area contributed by atoms with Gasteiger partial charge < -0.3 is 4.57 Å². The Morgan fingerprint density at radius 1 is 1.22 bits per heavy atom. The van der Waals surface area contributed by atoms with Crippen molar-refractivity contribution in [1.29, 1.82) is 0 Å². The van der Waals surface area contributed by atoms with Crippen LogP contribution < -0.4 is 4.72 Å². The number of nitrogens with zero attached hydrogens (tertiary/aromatic N) is 3. The maximum Gasteiger partial charge on any atom is 0.259 e. The lowest BCUT2D eigenvalue weighted by molar-refractivity contribution is 0.194. The van der Waals surface area contributed by atoms with E-state index in [0.717, 1.165) is 38.9 Å². The fraction of sp³-hybridized carbons (Fsp3) is 0.550. The van der Waals surface area contributed by atoms with Crippen LogP contribution in [0.2, 0.25) is 0 Å². The Morgan fingerprint density at radius 3 is 2.56 bits per heavy atom. The second-order valence-corrected chi connectivity index (χ2v) is 9.65. The minimum atomic E-state index is -3.56. The molecule has 0 bridgehead atoms. The van der Waals surface area contributed by atoms with E-state index in [1.807, 2.05) is 0 Å². The molecular formula is C20H30N4O2S. The molecule has 27 heavy (non-hydrogen) atoms. The smallest absolute Gasteiger partial charge is 0.259 e. The SMILES string of the molecule is CC(C)Cc1ccc(CN2CCCC(NS(=O)(=O)c3cn(C)cn3)C2)cc1. The van der Waals surface area contributed by atoms with E-state index >= 15 is 0 Å². The van der Waals surface area contributed by atoms with Crippen molar-refractivity contribution >= 4 is 10.0 Å². The van der Waals surface area contributed by atoms with Crippen molar-refractivity contribution in [1.82, 2.24) is 19.2 Å². The van der Waals surface area contributed by atoms with Crippen molar-refractivity contribution in [3.63, 3.8) is 0 Å². The molecule has 6 nitrogen and oxygen atoms in total. The molecule has 3 rings (SSSR count). The maximum absolute atomic E-state index is 12.5. The molecule has 1 aliphatic rings. The lowest BCUT2D eigenvalue weighted by Gasteiger charge is -2.32. The standard InChI is InChI=1S/C20H30N4O2S/c1-16(2)11-17-6-8-18(9-7-17)12-24-10-4-5-19(13-24)22-27(25,26)20-14-23(3)15-21-20/h6-9,14-16,19,22H,4-5,10-13H2,1-3H3. The molecule has 2 heterocycles. The van der Waals surface area contributed by atoms with Crippen molar-refractivity contribution in [2.24, 2.45) is 13.0 Å². The first-order valence-corrected chi connectivity index (χ1v) is 11.1. The average molecular weight is 391 g/mol. The van der Waals surface area contributed by atoms with Gasteiger partial charge in [0.25, 0.3) is 10.0 Å². The number of imidazole rings is 1. The molecule has 148 valence electrons. The van der Waals surface area contributed by atoms with E-state index in [0.29, 0.717) is 5.92 Å². The molecular weight excluding hydrogens is 360 g/mol. The molecule has 0 amide bonds. The molecule has 0 radical (unpaired) electrons. The van der Waals surface area contributed by atoms with E-state index in [4.69, 9.17) is 0 Å². The van der Waals surface area contributed by atoms with E-state index in [9.17, 15) is 8.42 Å². The van der Waals surface area contributed by atoms with Gasteiger partial charge in [0.05, 0.1) is 6.33 Å². The first kappa shape index (κ1) is 20.0. The third kappa shape index (κ3) is 5.64. The summed E-state index contributed by atoms with van der Waals surface area (Å²) in [6.45, 7) is 7.03. The van der Waals surface area contributed by atoms with E-state index in [1.54, 1.807) is 11.6 Å². The topological polar surface area (TPSA) is 67.2 Å². The largest absolute Gasteiger partial charge is 0.339 e. The number of sulfonamides is 1. The molecule has 1 N–H and O–H groups in total. The number of aromatic nitrogens is 2. The molecule has 1 atom stereocenters. The van der Waals surface area contributed by atoms with Crippen LogP contribution in [0.5, 0.6) is 0 Å². The number of benzene rings is 1. The van der Waals surface area contributed by atoms with Gasteiger partial charge in [-0.1, -0.05) is 38.1 Å². The Labute approximate surface area is 162 Å². The van der Waals surface area contributed by atoms with Crippen LogP contribution in [-0.2, 0) is 30.0 Å². The Hall–Kier alpha value is -1.70. The van der Waals surface area contributed by atoms with Gasteiger partial charge in [0, 0.05) is 32.4 Å². The first-order valence-electron chi connectivity index (χ1n) is 9.62. The second-order valence-electron chi connectivity index (χ2n) is 7.99. The molecule has 1 aromatic carbocycles. The van der Waals surface area contributed by atoms with Crippen molar-refractivity contribution in [3.8, 4) is 0 Å². The number of rotatable bonds is 7. The van der Waals surface area contributed by atoms with Crippen LogP contribution in [0.4, 0.5) is 0 Å². The van der Waals surface area contributed by atoms with Crippen LogP contribution in [-0.4, -0.2) is 42.0 Å². The molecule has 0 aliphatic carbocycles. The van der Waals surface area contributed by atoms with E-state index < -0.39 is 10.0 Å². The summed E-state index contributed by atoms with van der Waals surface area (Å²) >= 11 is 0. The quantitative estimate of drug-likeness (QED) is 0.789. The van der Waals surface area contributed by atoms with Gasteiger partial charge in [0.2, 0.25) is 0 Å². The minimum absolute atomic E-state index is 0.0778. The Balaban J connectivity index is 1.57. The van der Waals surface area contributed by atoms with Crippen molar-refractivity contribution in [2.45, 2.75) is 50.7 Å². The Morgan fingerprint density at radius 2 is 1.93 bits per heavy atom. The molecule has 7 heteroatoms. The zero-order chi connectivity index (χ0) is 19.4. The van der Waals surface area contributed by atoms with E-state index in [2.05, 4.69) is 52.7 Å². The molecule has 0 saturated carbocycles. The zero-order valence-corrected chi connectivity index (χ0v) is 17.2. The minimum Gasteiger partial charge on any atom is -0.339 e. The summed E-state index contributed by atoms with van der Waals surface area (Å²) < 4.78 is 29.5. The highest BCUT2D eigenvalue weighted by molar-refractivity contribution is 7.89. The van der Waals surface area contributed by atoms with Crippen molar-refractivity contribution in [2.75, 3.05) is 13.1 Å². The van der Waals surface area contributed by atoms with Gasteiger partial charge in [-0.05, 0) is 42.9 Å². The van der Waals surface area contributed by atoms with Gasteiger partial charge in [0.15, 0.2) is 5.03 Å². The fourth-order valence-corrected chi connectivity index (χ4v) is 4.86. The lowest BCUT2D eigenvalue weighted by Crippen LogP contribution is -2.47. The summed E-state index contributed by atoms with van der Waals surface area (Å²) in [6.07, 6.45) is 5.98. The van der Waals surface area contributed by atoms with Gasteiger partial charge in [-0.2, -0.15) is 0 Å². The van der Waals surface area contributed by atoms with Crippen LogP contribution in [0.1, 0.15) is 37.8 Å². The molecule has 1 aliphatic heterocycles. The van der Waals surface area contributed by atoms with E-state index in [1.165, 1.54) is 23.7 Å². The Bertz CT molecular complexity index is 843. The summed E-state index contributed by atoms with van der Waals surface area (Å²) in [6, 6.07) is 8.73. The van der Waals surface area contributed by atoms with Crippen molar-refractivity contribution < 1.29 is 8.42 Å². The highest BCUT2D eigenvalue weighted by atomic mass is 32.2. The van der Waals surface area contributed by atoms with Gasteiger partial charge in [-0.15, -0.1) is 0 Å². The molecule has 1 fully saturated rings. The Kier molecular flexibility index (Phi) is 6.34. The molecule has 1 saturated heterocycles. The van der Waals surface area contributed by atoms with Gasteiger partial charge in [0.1, 0.15) is 0 Å². The number of nitrogens with one attached hydrogen (secondary N) is 1. The number of piperidine rings is 1. The zero-order valence-electron chi connectivity index (χ0n) is 16.4. The van der Waals surface area contributed by atoms with Crippen LogP contribution in [0.15, 0.2) is 41.8 Å². The highest BCUT2D eigenvalue weighted by Gasteiger charge is 2.26. The molecule has 0 spiro atoms. The summed E-state index contributed by atoms with van der Waals surface area (Å²) in [5.41, 5.74) is 2.64. The van der Waals surface area contributed by atoms with Gasteiger partial charge in [-0.3, -0.25) is 4.90 Å². The van der Waals surface area contributed by atoms with Crippen LogP contribution >= 0.6 is 0 Å². The van der Waals surface area contributed by atoms with Gasteiger partial charge in [-0.25, -0.2) is 18.1 Å². The number of likely N-dealkylation sites (tertiary alicyclic amines) is 1. The van der Waals surface area contributed by atoms with Crippen LogP contribution in [0.25, 0.3) is 0 Å². The molecule has 1 unspecified atom stereocenters. The predicted molar refractivity (Wildman–Crippen MR) is 107 cm³/mol. The van der Waals surface area contributed by atoms with Gasteiger partial charge >= 0.3 is 0 Å². The maximum atomic E-state index is 12.5. The first-order chi connectivity index (χ1) is 12.8. The molecule has 2 aromatic rings. The summed E-state index contributed by atoms with van der Waals surface area (Å²) in [5.74, 6) is 0.658. The summed E-state index contributed by atoms with van der Waals surface area (Å²) in [4.78, 5) is 6.29. The highest BCUT2D eigenvalue weighted by Crippen LogP contribution is 2.17. The predicted octanol–water partition coefficient (Wildman–Crippen LogP) is 2.56. The summed E-state index contributed by atoms with van der Waals surface area (Å²) in [7, 11) is -1.80. The third-order valence-corrected chi connectivity index (χ3v) is 6.26. The van der Waals surface area contributed by atoms with E-state index in [-0.39, 0.29) is 11.1 Å². The second kappa shape index (κ2) is 8.54. The number of aryl methyl sites for hydroxylation is 1. The third-order valence-electron chi connectivity index (χ3n) is 4.86. The monoisotopic (exact) mass is 390 g/mol. The van der Waals surface area contributed by atoms with Crippen molar-refractivity contribution in [3.05, 3.63) is 47.9 Å². The fourth-order valence-electron chi connectivity index (χ4n) is 3.61. The average Bonchev–Trinajstić information content (AvgIpc) is 3.04. The van der Waals surface area contributed by atoms with Crippen LogP contribution in [0, 0.1) is 5.92 Å². The summed E-state index contributed by atoms with van der Waals surface area (Å²) in [5, 5.41) is 0.0860. The number of hydrogen-bond donors (Lipinski definition) is 1. The number of hydrogen-bond acceptors (Lipinski definition) is 4. The lowest BCUT2D eigenvalue weighted by atomic mass is 10.0.